The molecule has 0 saturated carbocycles. The van der Waals surface area contributed by atoms with Crippen molar-refractivity contribution in [2.75, 3.05) is 0 Å². The van der Waals surface area contributed by atoms with Gasteiger partial charge in [-0.05, 0) is 52.3 Å². The molecule has 1 aromatic heterocycles. The molecule has 26 heavy (non-hydrogen) atoms. The highest BCUT2D eigenvalue weighted by Crippen LogP contribution is 2.29. The van der Waals surface area contributed by atoms with Crippen LogP contribution in [0.3, 0.4) is 0 Å². The monoisotopic (exact) mass is 362 g/mol. The molecule has 0 radical (unpaired) electrons. The molecule has 0 amide bonds. The van der Waals surface area contributed by atoms with Crippen molar-refractivity contribution in [2.45, 2.75) is 46.3 Å². The van der Waals surface area contributed by atoms with Crippen LogP contribution in [-0.2, 0) is 0 Å². The van der Waals surface area contributed by atoms with Crippen molar-refractivity contribution in [1.29, 1.82) is 0 Å². The number of pyridine rings is 1. The smallest absolute Gasteiger partial charge is 0.0799 e. The maximum Gasteiger partial charge on any atom is 0.0799 e. The molecule has 0 spiro atoms. The van der Waals surface area contributed by atoms with Gasteiger partial charge in [0.15, 0.2) is 0 Å². The number of aromatic nitrogens is 1. The molecule has 0 unspecified atom stereocenters. The van der Waals surface area contributed by atoms with E-state index in [0.29, 0.717) is 11.5 Å². The van der Waals surface area contributed by atoms with Crippen molar-refractivity contribution >= 4 is 13.3 Å². The molecule has 0 fully saturated rings. The van der Waals surface area contributed by atoms with E-state index in [1.807, 2.05) is 48.7 Å². The van der Waals surface area contributed by atoms with Crippen LogP contribution in [0.15, 0.2) is 60.8 Å². The van der Waals surface area contributed by atoms with Crippen LogP contribution in [0.2, 0.25) is 19.6 Å². The van der Waals surface area contributed by atoms with Crippen molar-refractivity contribution in [1.82, 2.24) is 4.98 Å². The summed E-state index contributed by atoms with van der Waals surface area (Å²) in [4.78, 5) is 4.78. The first kappa shape index (κ1) is 14.9. The van der Waals surface area contributed by atoms with Gasteiger partial charge in [0.1, 0.15) is 0 Å². The van der Waals surface area contributed by atoms with Crippen LogP contribution >= 0.6 is 0 Å². The lowest BCUT2D eigenvalue weighted by Gasteiger charge is -2.23. The van der Waals surface area contributed by atoms with E-state index >= 15 is 0 Å². The number of rotatable bonds is 4. The Morgan fingerprint density at radius 2 is 1.65 bits per heavy atom. The van der Waals surface area contributed by atoms with Gasteiger partial charge in [0.05, 0.1) is 13.8 Å². The summed E-state index contributed by atoms with van der Waals surface area (Å²) in [5, 5.41) is 1.39. The molecular weight excluding hydrogens is 330 g/mol. The highest BCUT2D eigenvalue weighted by molar-refractivity contribution is 6.89. The first-order chi connectivity index (χ1) is 13.5. The van der Waals surface area contributed by atoms with Crippen LogP contribution in [0, 0.1) is 6.85 Å². The SMILES string of the molecule is [2H]C([2H])([2H])c1ccc(-c2cc(C(C)C)c([Si](C)(C)C)cn2)cc1-c1ccccc1. The number of aryl methyl sites for hydroxylation is 1. The minimum Gasteiger partial charge on any atom is -0.256 e. The van der Waals surface area contributed by atoms with Gasteiger partial charge in [0, 0.05) is 15.9 Å². The maximum absolute atomic E-state index is 7.95. The third kappa shape index (κ3) is 3.81. The highest BCUT2D eigenvalue weighted by Gasteiger charge is 2.22. The first-order valence-electron chi connectivity index (χ1n) is 10.7. The Morgan fingerprint density at radius 3 is 2.27 bits per heavy atom. The van der Waals surface area contributed by atoms with Gasteiger partial charge in [-0.2, -0.15) is 0 Å². The summed E-state index contributed by atoms with van der Waals surface area (Å²) < 4.78 is 23.8. The van der Waals surface area contributed by atoms with E-state index in [1.165, 1.54) is 10.8 Å². The molecule has 0 bridgehead atoms. The molecule has 0 aliphatic heterocycles. The third-order valence-corrected chi connectivity index (χ3v) is 6.80. The lowest BCUT2D eigenvalue weighted by atomic mass is 9.95. The maximum atomic E-state index is 7.95. The van der Waals surface area contributed by atoms with E-state index in [9.17, 15) is 0 Å². The van der Waals surface area contributed by atoms with Crippen LogP contribution in [0.25, 0.3) is 22.4 Å². The zero-order valence-electron chi connectivity index (χ0n) is 19.3. The van der Waals surface area contributed by atoms with E-state index in [0.717, 1.165) is 22.4 Å². The number of hydrogen-bond acceptors (Lipinski definition) is 1. The minimum atomic E-state index is -2.16. The summed E-state index contributed by atoms with van der Waals surface area (Å²) in [6.45, 7) is 9.30. The summed E-state index contributed by atoms with van der Waals surface area (Å²) in [7, 11) is -1.50. The van der Waals surface area contributed by atoms with Gasteiger partial charge >= 0.3 is 0 Å². The van der Waals surface area contributed by atoms with Gasteiger partial charge in [-0.15, -0.1) is 0 Å². The topological polar surface area (TPSA) is 12.9 Å². The van der Waals surface area contributed by atoms with Gasteiger partial charge in [-0.1, -0.05) is 76.0 Å². The molecule has 3 aromatic rings. The van der Waals surface area contributed by atoms with Gasteiger partial charge in [-0.25, -0.2) is 0 Å². The fraction of sp³-hybridized carbons (Fsp3) is 0.292. The Bertz CT molecular complexity index is 1000. The second kappa shape index (κ2) is 7.20. The Morgan fingerprint density at radius 1 is 0.923 bits per heavy atom. The van der Waals surface area contributed by atoms with Crippen molar-refractivity contribution < 1.29 is 4.11 Å². The Labute approximate surface area is 163 Å². The fourth-order valence-corrected chi connectivity index (χ4v) is 4.97. The van der Waals surface area contributed by atoms with Gasteiger partial charge in [0.2, 0.25) is 0 Å². The van der Waals surface area contributed by atoms with E-state index in [-0.39, 0.29) is 0 Å². The van der Waals surface area contributed by atoms with Crippen molar-refractivity contribution in [2.24, 2.45) is 0 Å². The predicted molar refractivity (Wildman–Crippen MR) is 117 cm³/mol. The quantitative estimate of drug-likeness (QED) is 0.490. The molecule has 1 heterocycles. The zero-order valence-corrected chi connectivity index (χ0v) is 17.3. The number of hydrogen-bond donors (Lipinski definition) is 0. The summed E-state index contributed by atoms with van der Waals surface area (Å²) in [5.41, 5.74) is 5.20. The fourth-order valence-electron chi connectivity index (χ4n) is 3.29. The third-order valence-electron chi connectivity index (χ3n) is 4.77. The van der Waals surface area contributed by atoms with Crippen LogP contribution < -0.4 is 5.19 Å². The van der Waals surface area contributed by atoms with Crippen LogP contribution in [0.5, 0.6) is 0 Å². The molecule has 134 valence electrons. The molecule has 0 atom stereocenters. The van der Waals surface area contributed by atoms with E-state index in [1.54, 1.807) is 6.07 Å². The summed E-state index contributed by atoms with van der Waals surface area (Å²) in [6, 6.07) is 17.5. The molecule has 3 rings (SSSR count). The highest BCUT2D eigenvalue weighted by atomic mass is 28.3. The second-order valence-electron chi connectivity index (χ2n) is 8.19. The average molecular weight is 363 g/mol. The van der Waals surface area contributed by atoms with E-state index in [2.05, 4.69) is 39.6 Å². The molecule has 2 aromatic carbocycles. The van der Waals surface area contributed by atoms with Crippen molar-refractivity contribution in [3.05, 3.63) is 71.9 Å². The van der Waals surface area contributed by atoms with Gasteiger partial charge in [0.25, 0.3) is 0 Å². The first-order valence-corrected chi connectivity index (χ1v) is 12.7. The molecule has 0 saturated heterocycles. The Balaban J connectivity index is 2.19. The largest absolute Gasteiger partial charge is 0.256 e. The second-order valence-corrected chi connectivity index (χ2v) is 13.2. The average Bonchev–Trinajstić information content (AvgIpc) is 2.66. The summed E-state index contributed by atoms with van der Waals surface area (Å²) >= 11 is 0. The Kier molecular flexibility index (Phi) is 4.13. The zero-order chi connectivity index (χ0) is 21.4. The van der Waals surface area contributed by atoms with Crippen molar-refractivity contribution in [3.8, 4) is 22.4 Å². The number of benzene rings is 2. The standard InChI is InChI=1S/C24H29NSi/c1-17(2)21-15-23(25-16-24(21)26(4,5)6)20-13-12-18(3)22(14-20)19-10-8-7-9-11-19/h7-17H,1-6H3/i3D3. The molecule has 0 N–H and O–H groups in total. The lowest BCUT2D eigenvalue weighted by Crippen LogP contribution is -2.40. The van der Waals surface area contributed by atoms with Gasteiger partial charge < -0.3 is 0 Å². The summed E-state index contributed by atoms with van der Waals surface area (Å²) in [6.07, 6.45) is 2.04. The molecular formula is C24H29NSi. The Hall–Kier alpha value is -2.19. The predicted octanol–water partition coefficient (Wildman–Crippen LogP) is 6.39. The molecule has 0 aliphatic carbocycles. The van der Waals surface area contributed by atoms with Gasteiger partial charge in [-0.3, -0.25) is 4.98 Å². The normalized spacial score (nSPS) is 14.0. The molecule has 0 aliphatic rings. The number of nitrogens with zero attached hydrogens (tertiary/aromatic N) is 1. The van der Waals surface area contributed by atoms with Crippen LogP contribution in [-0.4, -0.2) is 13.1 Å². The van der Waals surface area contributed by atoms with Crippen LogP contribution in [0.1, 0.15) is 35.0 Å². The van der Waals surface area contributed by atoms with E-state index < -0.39 is 14.9 Å². The molecule has 2 heteroatoms. The van der Waals surface area contributed by atoms with E-state index in [4.69, 9.17) is 9.10 Å². The lowest BCUT2D eigenvalue weighted by molar-refractivity contribution is 0.870. The summed E-state index contributed by atoms with van der Waals surface area (Å²) in [5.74, 6) is 0.411. The molecule has 1 nitrogen and oxygen atoms in total. The minimum absolute atomic E-state index is 0.371. The van der Waals surface area contributed by atoms with Crippen LogP contribution in [0.4, 0.5) is 0 Å². The van der Waals surface area contributed by atoms with Crippen molar-refractivity contribution in [3.63, 3.8) is 0 Å².